The summed E-state index contributed by atoms with van der Waals surface area (Å²) in [4.78, 5) is 22.2. The van der Waals surface area contributed by atoms with Gasteiger partial charge in [-0.2, -0.15) is 9.37 Å². The number of fused-ring (bicyclic) bond motifs is 1. The van der Waals surface area contributed by atoms with Gasteiger partial charge in [-0.3, -0.25) is 4.98 Å². The van der Waals surface area contributed by atoms with Crippen molar-refractivity contribution < 1.29 is 8.78 Å². The first-order valence-electron chi connectivity index (χ1n) is 12.7. The topological polar surface area (TPSA) is 101 Å². The second-order valence-corrected chi connectivity index (χ2v) is 9.89. The van der Waals surface area contributed by atoms with E-state index in [2.05, 4.69) is 37.8 Å². The summed E-state index contributed by atoms with van der Waals surface area (Å²) in [5.41, 5.74) is 2.67. The number of nitrogens with zero attached hydrogens (tertiary/aromatic N) is 5. The standard InChI is InChI=1S/C27H28F2N8/c1-15-11-18(8-10-31-15)33-27-24-19(16-3-2-4-16)13-30-14-21(24)34-25(37-27)17-7-9-32-23(12-17)36-26-20(28)5-6-22(29)35-26/h5-7,9,12-16,18,31H,2-4,8,10-11H2,1H3,(H,32,35,36)(H,33,34,37)/t15-,18+/m1/s1. The summed E-state index contributed by atoms with van der Waals surface area (Å²) in [5.74, 6) is 0.407. The van der Waals surface area contributed by atoms with Crippen LogP contribution < -0.4 is 16.0 Å². The molecule has 1 saturated carbocycles. The number of hydrogen-bond donors (Lipinski definition) is 3. The highest BCUT2D eigenvalue weighted by Gasteiger charge is 2.26. The third-order valence-corrected chi connectivity index (χ3v) is 7.22. The number of pyridine rings is 3. The summed E-state index contributed by atoms with van der Waals surface area (Å²) < 4.78 is 27.7. The van der Waals surface area contributed by atoms with Crippen LogP contribution in [0.2, 0.25) is 0 Å². The fraction of sp³-hybridized carbons (Fsp3) is 0.370. The van der Waals surface area contributed by atoms with E-state index in [9.17, 15) is 8.78 Å². The smallest absolute Gasteiger partial charge is 0.214 e. The van der Waals surface area contributed by atoms with Gasteiger partial charge in [0, 0.05) is 35.4 Å². The highest BCUT2D eigenvalue weighted by molar-refractivity contribution is 5.93. The van der Waals surface area contributed by atoms with Crippen LogP contribution in [-0.2, 0) is 0 Å². The molecule has 1 aliphatic heterocycles. The summed E-state index contributed by atoms with van der Waals surface area (Å²) in [6.45, 7) is 3.15. The van der Waals surface area contributed by atoms with Gasteiger partial charge in [0.25, 0.3) is 0 Å². The van der Waals surface area contributed by atoms with Gasteiger partial charge in [0.1, 0.15) is 11.6 Å². The molecule has 3 N–H and O–H groups in total. The molecular weight excluding hydrogens is 474 g/mol. The first-order chi connectivity index (χ1) is 18.0. The van der Waals surface area contributed by atoms with E-state index < -0.39 is 11.8 Å². The van der Waals surface area contributed by atoms with Crippen molar-refractivity contribution in [2.75, 3.05) is 17.2 Å². The number of halogens is 2. The Labute approximate surface area is 213 Å². The van der Waals surface area contributed by atoms with E-state index in [0.717, 1.165) is 61.1 Å². The second-order valence-electron chi connectivity index (χ2n) is 9.89. The van der Waals surface area contributed by atoms with E-state index in [-0.39, 0.29) is 5.82 Å². The lowest BCUT2D eigenvalue weighted by molar-refractivity contribution is 0.396. The van der Waals surface area contributed by atoms with Gasteiger partial charge in [-0.1, -0.05) is 6.42 Å². The van der Waals surface area contributed by atoms with Gasteiger partial charge in [-0.15, -0.1) is 0 Å². The van der Waals surface area contributed by atoms with E-state index in [1.54, 1.807) is 24.5 Å². The number of aromatic nitrogens is 5. The molecule has 0 aromatic carbocycles. The van der Waals surface area contributed by atoms with E-state index in [4.69, 9.17) is 9.97 Å². The van der Waals surface area contributed by atoms with Gasteiger partial charge >= 0.3 is 0 Å². The zero-order chi connectivity index (χ0) is 25.4. The monoisotopic (exact) mass is 502 g/mol. The molecule has 1 aliphatic carbocycles. The van der Waals surface area contributed by atoms with Crippen molar-refractivity contribution in [1.82, 2.24) is 30.2 Å². The summed E-state index contributed by atoms with van der Waals surface area (Å²) in [5, 5.41) is 11.0. The Morgan fingerprint density at radius 1 is 1.00 bits per heavy atom. The molecule has 10 heteroatoms. The molecule has 0 spiro atoms. The average molecular weight is 503 g/mol. The zero-order valence-corrected chi connectivity index (χ0v) is 20.5. The van der Waals surface area contributed by atoms with Crippen molar-refractivity contribution in [2.24, 2.45) is 0 Å². The van der Waals surface area contributed by atoms with Crippen LogP contribution >= 0.6 is 0 Å². The van der Waals surface area contributed by atoms with Crippen molar-refractivity contribution in [3.63, 3.8) is 0 Å². The third kappa shape index (κ3) is 4.93. The molecule has 6 rings (SSSR count). The Bertz CT molecular complexity index is 1440. The normalized spacial score (nSPS) is 20.0. The lowest BCUT2D eigenvalue weighted by atomic mass is 9.79. The minimum absolute atomic E-state index is 0.235. The van der Waals surface area contributed by atoms with Crippen molar-refractivity contribution in [2.45, 2.75) is 57.0 Å². The van der Waals surface area contributed by atoms with Crippen LogP contribution in [-0.4, -0.2) is 43.5 Å². The fourth-order valence-corrected chi connectivity index (χ4v) is 5.09. The van der Waals surface area contributed by atoms with Crippen molar-refractivity contribution in [1.29, 1.82) is 0 Å². The van der Waals surface area contributed by atoms with E-state index in [1.807, 2.05) is 6.20 Å². The Hall–Kier alpha value is -3.79. The molecule has 4 aromatic rings. The molecule has 190 valence electrons. The second kappa shape index (κ2) is 9.93. The van der Waals surface area contributed by atoms with Crippen molar-refractivity contribution in [3.8, 4) is 11.4 Å². The lowest BCUT2D eigenvalue weighted by Gasteiger charge is -2.31. The molecule has 5 heterocycles. The van der Waals surface area contributed by atoms with E-state index in [0.29, 0.717) is 35.2 Å². The Balaban J connectivity index is 1.40. The molecule has 8 nitrogen and oxygen atoms in total. The molecule has 0 amide bonds. The first kappa shape index (κ1) is 23.6. The highest BCUT2D eigenvalue weighted by Crippen LogP contribution is 2.41. The predicted octanol–water partition coefficient (Wildman–Crippen LogP) is 5.32. The Kier molecular flexibility index (Phi) is 6.33. The Morgan fingerprint density at radius 2 is 1.89 bits per heavy atom. The van der Waals surface area contributed by atoms with E-state index >= 15 is 0 Å². The van der Waals surface area contributed by atoms with Crippen LogP contribution in [0.4, 0.5) is 26.2 Å². The number of piperidine rings is 1. The van der Waals surface area contributed by atoms with Gasteiger partial charge in [-0.25, -0.2) is 19.3 Å². The maximum Gasteiger partial charge on any atom is 0.214 e. The van der Waals surface area contributed by atoms with Crippen LogP contribution in [0.3, 0.4) is 0 Å². The van der Waals surface area contributed by atoms with Gasteiger partial charge in [-0.05, 0) is 74.9 Å². The maximum absolute atomic E-state index is 14.1. The summed E-state index contributed by atoms with van der Waals surface area (Å²) >= 11 is 0. The molecule has 0 radical (unpaired) electrons. The summed E-state index contributed by atoms with van der Waals surface area (Å²) in [6.07, 6.45) is 10.8. The molecule has 1 saturated heterocycles. The fourth-order valence-electron chi connectivity index (χ4n) is 5.09. The number of hydrogen-bond acceptors (Lipinski definition) is 8. The minimum Gasteiger partial charge on any atom is -0.367 e. The lowest BCUT2D eigenvalue weighted by Crippen LogP contribution is -2.41. The van der Waals surface area contributed by atoms with Gasteiger partial charge in [0.15, 0.2) is 17.5 Å². The van der Waals surface area contributed by atoms with Gasteiger partial charge in [0.05, 0.1) is 11.7 Å². The molecule has 2 fully saturated rings. The van der Waals surface area contributed by atoms with E-state index in [1.165, 1.54) is 12.0 Å². The third-order valence-electron chi connectivity index (χ3n) is 7.22. The summed E-state index contributed by atoms with van der Waals surface area (Å²) in [7, 11) is 0. The molecule has 0 bridgehead atoms. The van der Waals surface area contributed by atoms with Crippen LogP contribution in [0, 0.1) is 11.8 Å². The Morgan fingerprint density at radius 3 is 2.70 bits per heavy atom. The number of anilines is 3. The number of nitrogens with one attached hydrogen (secondary N) is 3. The summed E-state index contributed by atoms with van der Waals surface area (Å²) in [6, 6.07) is 6.21. The largest absolute Gasteiger partial charge is 0.367 e. The van der Waals surface area contributed by atoms with Crippen LogP contribution in [0.5, 0.6) is 0 Å². The van der Waals surface area contributed by atoms with Crippen LogP contribution in [0.1, 0.15) is 50.5 Å². The van der Waals surface area contributed by atoms with Crippen molar-refractivity contribution >= 4 is 28.4 Å². The molecular formula is C27H28F2N8. The quantitative estimate of drug-likeness (QED) is 0.305. The average Bonchev–Trinajstić information content (AvgIpc) is 2.85. The van der Waals surface area contributed by atoms with Crippen LogP contribution in [0.25, 0.3) is 22.3 Å². The van der Waals surface area contributed by atoms with Gasteiger partial charge in [0.2, 0.25) is 5.95 Å². The molecule has 2 atom stereocenters. The van der Waals surface area contributed by atoms with Crippen molar-refractivity contribution in [3.05, 3.63) is 60.2 Å². The molecule has 4 aromatic heterocycles. The minimum atomic E-state index is -0.782. The SMILES string of the molecule is C[C@@H]1C[C@@H](Nc2nc(-c3ccnc(Nc4nc(F)ccc4F)c3)nc3cncc(C4CCC4)c23)CCN1. The van der Waals surface area contributed by atoms with Gasteiger partial charge < -0.3 is 16.0 Å². The maximum atomic E-state index is 14.1. The molecule has 2 aliphatic rings. The van der Waals surface area contributed by atoms with Crippen LogP contribution in [0.15, 0.2) is 42.9 Å². The predicted molar refractivity (Wildman–Crippen MR) is 139 cm³/mol. The molecule has 0 unspecified atom stereocenters. The molecule has 37 heavy (non-hydrogen) atoms. The first-order valence-corrected chi connectivity index (χ1v) is 12.7. The highest BCUT2D eigenvalue weighted by atomic mass is 19.1. The number of rotatable bonds is 6. The zero-order valence-electron chi connectivity index (χ0n) is 20.5.